The molecule has 0 radical (unpaired) electrons. The Hall–Kier alpha value is -2.18. The number of nitrogens with zero attached hydrogens (tertiary/aromatic N) is 4. The number of carbonyl (C=O) groups is 2. The largest absolute Gasteiger partial charge is 0.352 e. The number of aryl methyl sites for hydroxylation is 2. The highest BCUT2D eigenvalue weighted by Crippen LogP contribution is 2.22. The van der Waals surface area contributed by atoms with Crippen LogP contribution in [0.5, 0.6) is 0 Å². The van der Waals surface area contributed by atoms with Gasteiger partial charge in [-0.15, -0.1) is 5.10 Å². The van der Waals surface area contributed by atoms with E-state index in [1.807, 2.05) is 0 Å². The number of nitrogens with one attached hydrogen (secondary N) is 1. The number of fused-ring (bicyclic) bond motifs is 1. The van der Waals surface area contributed by atoms with Gasteiger partial charge in [-0.05, 0) is 37.3 Å². The van der Waals surface area contributed by atoms with Crippen molar-refractivity contribution in [3.63, 3.8) is 0 Å². The van der Waals surface area contributed by atoms with Crippen molar-refractivity contribution in [2.45, 2.75) is 32.6 Å². The highest BCUT2D eigenvalue weighted by Gasteiger charge is 2.23. The lowest BCUT2D eigenvalue weighted by Crippen LogP contribution is -2.51. The van der Waals surface area contributed by atoms with Crippen LogP contribution in [0.15, 0.2) is 6.07 Å². The van der Waals surface area contributed by atoms with Gasteiger partial charge in [0.15, 0.2) is 5.82 Å². The van der Waals surface area contributed by atoms with Crippen LogP contribution in [-0.4, -0.2) is 59.6 Å². The summed E-state index contributed by atoms with van der Waals surface area (Å²) in [6, 6.07) is 2.16. The Morgan fingerprint density at radius 1 is 1.13 bits per heavy atom. The van der Waals surface area contributed by atoms with Crippen LogP contribution < -0.4 is 10.2 Å². The van der Waals surface area contributed by atoms with Gasteiger partial charge in [-0.1, -0.05) is 0 Å². The van der Waals surface area contributed by atoms with E-state index < -0.39 is 0 Å². The molecule has 1 aromatic heterocycles. The molecule has 124 valence electrons. The molecule has 7 heteroatoms. The van der Waals surface area contributed by atoms with Crippen LogP contribution in [0.25, 0.3) is 0 Å². The minimum absolute atomic E-state index is 0.0311. The zero-order chi connectivity index (χ0) is 16.2. The predicted molar refractivity (Wildman–Crippen MR) is 86.2 cm³/mol. The molecule has 0 bridgehead atoms. The van der Waals surface area contributed by atoms with Gasteiger partial charge in [0, 0.05) is 33.1 Å². The zero-order valence-electron chi connectivity index (χ0n) is 13.5. The van der Waals surface area contributed by atoms with Crippen LogP contribution in [0.2, 0.25) is 0 Å². The van der Waals surface area contributed by atoms with Crippen LogP contribution in [0.3, 0.4) is 0 Å². The first-order chi connectivity index (χ1) is 11.1. The standard InChI is InChI=1S/C16H23N5O2/c1-12(22)17-11-16(23)21-8-6-20(7-9-21)15-10-13-4-2-3-5-14(13)18-19-15/h10H,2-9,11H2,1H3,(H,17,22). The number of hydrogen-bond acceptors (Lipinski definition) is 5. The number of hydrogen-bond donors (Lipinski definition) is 1. The molecule has 0 aromatic carbocycles. The molecule has 1 N–H and O–H groups in total. The maximum atomic E-state index is 12.0. The van der Waals surface area contributed by atoms with Crippen LogP contribution >= 0.6 is 0 Å². The van der Waals surface area contributed by atoms with Gasteiger partial charge in [0.1, 0.15) is 0 Å². The first kappa shape index (κ1) is 15.7. The molecule has 1 fully saturated rings. The molecule has 0 spiro atoms. The van der Waals surface area contributed by atoms with Crippen molar-refractivity contribution in [3.05, 3.63) is 17.3 Å². The topological polar surface area (TPSA) is 78.4 Å². The lowest BCUT2D eigenvalue weighted by Gasteiger charge is -2.35. The van der Waals surface area contributed by atoms with Crippen molar-refractivity contribution < 1.29 is 9.59 Å². The fourth-order valence-electron chi connectivity index (χ4n) is 3.13. The van der Waals surface area contributed by atoms with Gasteiger partial charge in [-0.3, -0.25) is 9.59 Å². The third-order valence-corrected chi connectivity index (χ3v) is 4.50. The Morgan fingerprint density at radius 3 is 2.61 bits per heavy atom. The maximum absolute atomic E-state index is 12.0. The van der Waals surface area contributed by atoms with E-state index in [1.54, 1.807) is 4.90 Å². The van der Waals surface area contributed by atoms with Crippen molar-refractivity contribution in [1.29, 1.82) is 0 Å². The second-order valence-corrected chi connectivity index (χ2v) is 6.16. The van der Waals surface area contributed by atoms with E-state index in [9.17, 15) is 9.59 Å². The van der Waals surface area contributed by atoms with Gasteiger partial charge in [0.25, 0.3) is 0 Å². The van der Waals surface area contributed by atoms with E-state index in [0.29, 0.717) is 13.1 Å². The molecule has 1 aliphatic carbocycles. The molecule has 1 saturated heterocycles. The van der Waals surface area contributed by atoms with Gasteiger partial charge < -0.3 is 15.1 Å². The molecule has 7 nitrogen and oxygen atoms in total. The third-order valence-electron chi connectivity index (χ3n) is 4.50. The first-order valence-electron chi connectivity index (χ1n) is 8.26. The Balaban J connectivity index is 1.56. The normalized spacial score (nSPS) is 17.6. The average molecular weight is 317 g/mol. The molecule has 23 heavy (non-hydrogen) atoms. The number of piperazine rings is 1. The van der Waals surface area contributed by atoms with Gasteiger partial charge in [-0.2, -0.15) is 5.10 Å². The number of aromatic nitrogens is 2. The average Bonchev–Trinajstić information content (AvgIpc) is 2.59. The molecular formula is C16H23N5O2. The number of carbonyl (C=O) groups excluding carboxylic acids is 2. The number of anilines is 1. The fraction of sp³-hybridized carbons (Fsp3) is 0.625. The summed E-state index contributed by atoms with van der Waals surface area (Å²) in [5, 5.41) is 11.3. The smallest absolute Gasteiger partial charge is 0.242 e. The SMILES string of the molecule is CC(=O)NCC(=O)N1CCN(c2cc3c(nn2)CCCC3)CC1. The lowest BCUT2D eigenvalue weighted by atomic mass is 9.97. The van der Waals surface area contributed by atoms with E-state index in [0.717, 1.165) is 37.4 Å². The second kappa shape index (κ2) is 6.93. The van der Waals surface area contributed by atoms with Gasteiger partial charge in [0.2, 0.25) is 11.8 Å². The minimum Gasteiger partial charge on any atom is -0.352 e. The van der Waals surface area contributed by atoms with Crippen molar-refractivity contribution >= 4 is 17.6 Å². The summed E-state index contributed by atoms with van der Waals surface area (Å²) >= 11 is 0. The van der Waals surface area contributed by atoms with Crippen LogP contribution in [0, 0.1) is 0 Å². The van der Waals surface area contributed by atoms with Crippen LogP contribution in [0.1, 0.15) is 31.0 Å². The highest BCUT2D eigenvalue weighted by atomic mass is 16.2. The van der Waals surface area contributed by atoms with E-state index in [4.69, 9.17) is 0 Å². The Labute approximate surface area is 136 Å². The number of amides is 2. The monoisotopic (exact) mass is 317 g/mol. The van der Waals surface area contributed by atoms with E-state index >= 15 is 0 Å². The van der Waals surface area contributed by atoms with Crippen LogP contribution in [0.4, 0.5) is 5.82 Å². The molecule has 1 aromatic rings. The Bertz CT molecular complexity index is 596. The summed E-state index contributed by atoms with van der Waals surface area (Å²) in [5.74, 6) is 0.706. The third kappa shape index (κ3) is 3.78. The summed E-state index contributed by atoms with van der Waals surface area (Å²) in [4.78, 5) is 26.9. The molecule has 2 heterocycles. The fourth-order valence-corrected chi connectivity index (χ4v) is 3.13. The summed E-state index contributed by atoms with van der Waals surface area (Å²) in [6.07, 6.45) is 4.56. The molecule has 0 unspecified atom stereocenters. The summed E-state index contributed by atoms with van der Waals surface area (Å²) < 4.78 is 0. The zero-order valence-corrected chi connectivity index (χ0v) is 13.5. The molecule has 1 aliphatic heterocycles. The highest BCUT2D eigenvalue weighted by molar-refractivity contribution is 5.83. The molecular weight excluding hydrogens is 294 g/mol. The Kier molecular flexibility index (Phi) is 4.73. The molecule has 2 aliphatic rings. The quantitative estimate of drug-likeness (QED) is 0.858. The molecule has 0 atom stereocenters. The summed E-state index contributed by atoms with van der Waals surface area (Å²) in [7, 11) is 0. The molecule has 0 saturated carbocycles. The van der Waals surface area contributed by atoms with Crippen molar-refractivity contribution in [2.75, 3.05) is 37.6 Å². The van der Waals surface area contributed by atoms with Gasteiger partial charge in [0.05, 0.1) is 12.2 Å². The Morgan fingerprint density at radius 2 is 1.87 bits per heavy atom. The summed E-state index contributed by atoms with van der Waals surface area (Å²) in [5.41, 5.74) is 2.47. The van der Waals surface area contributed by atoms with Gasteiger partial charge >= 0.3 is 0 Å². The predicted octanol–water partition coefficient (Wildman–Crippen LogP) is 0.140. The maximum Gasteiger partial charge on any atom is 0.242 e. The first-order valence-corrected chi connectivity index (χ1v) is 8.26. The lowest BCUT2D eigenvalue weighted by molar-refractivity contribution is -0.132. The second-order valence-electron chi connectivity index (χ2n) is 6.16. The van der Waals surface area contributed by atoms with Crippen molar-refractivity contribution in [2.24, 2.45) is 0 Å². The molecule has 3 rings (SSSR count). The van der Waals surface area contributed by atoms with Gasteiger partial charge in [-0.25, -0.2) is 0 Å². The van der Waals surface area contributed by atoms with Crippen molar-refractivity contribution in [3.8, 4) is 0 Å². The van der Waals surface area contributed by atoms with Crippen molar-refractivity contribution in [1.82, 2.24) is 20.4 Å². The summed E-state index contributed by atoms with van der Waals surface area (Å²) in [6.45, 7) is 4.29. The molecule has 2 amide bonds. The van der Waals surface area contributed by atoms with E-state index in [-0.39, 0.29) is 18.4 Å². The number of rotatable bonds is 3. The van der Waals surface area contributed by atoms with E-state index in [1.165, 1.54) is 25.3 Å². The minimum atomic E-state index is -0.179. The van der Waals surface area contributed by atoms with Crippen LogP contribution in [-0.2, 0) is 22.4 Å². The van der Waals surface area contributed by atoms with E-state index in [2.05, 4.69) is 26.5 Å².